The molecule has 1 fully saturated rings. The van der Waals surface area contributed by atoms with Gasteiger partial charge in [0, 0.05) is 17.8 Å². The molecule has 0 aromatic heterocycles. The predicted octanol–water partition coefficient (Wildman–Crippen LogP) is 3.52. The Morgan fingerprint density at radius 1 is 1.38 bits per heavy atom. The minimum Gasteiger partial charge on any atom is -0.505 e. The van der Waals surface area contributed by atoms with Crippen LogP contribution in [0.2, 0.25) is 0 Å². The third-order valence-corrected chi connectivity index (χ3v) is 3.25. The first kappa shape index (κ1) is 11.2. The van der Waals surface area contributed by atoms with Crippen LogP contribution in [0.5, 0.6) is 5.75 Å². The highest BCUT2D eigenvalue weighted by Crippen LogP contribution is 2.27. The van der Waals surface area contributed by atoms with Crippen LogP contribution in [-0.4, -0.2) is 11.1 Å². The molecule has 16 heavy (non-hydrogen) atoms. The van der Waals surface area contributed by atoms with E-state index < -0.39 is 5.82 Å². The molecule has 2 atom stereocenters. The molecule has 1 aromatic rings. The van der Waals surface area contributed by atoms with Crippen molar-refractivity contribution in [3.05, 3.63) is 24.0 Å². The summed E-state index contributed by atoms with van der Waals surface area (Å²) in [6.07, 6.45) is 4.82. The zero-order chi connectivity index (χ0) is 11.5. The highest BCUT2D eigenvalue weighted by molar-refractivity contribution is 5.47. The maximum atomic E-state index is 13.1. The van der Waals surface area contributed by atoms with Crippen molar-refractivity contribution in [2.45, 2.75) is 38.6 Å². The topological polar surface area (TPSA) is 32.3 Å². The molecule has 0 amide bonds. The van der Waals surface area contributed by atoms with E-state index in [1.165, 1.54) is 25.0 Å². The number of hydrogen-bond acceptors (Lipinski definition) is 2. The van der Waals surface area contributed by atoms with Gasteiger partial charge in [0.15, 0.2) is 11.6 Å². The highest BCUT2D eigenvalue weighted by Gasteiger charge is 2.18. The van der Waals surface area contributed by atoms with Crippen LogP contribution < -0.4 is 5.32 Å². The quantitative estimate of drug-likeness (QED) is 0.752. The second-order valence-corrected chi connectivity index (χ2v) is 4.78. The van der Waals surface area contributed by atoms with E-state index in [0.29, 0.717) is 6.04 Å². The van der Waals surface area contributed by atoms with Gasteiger partial charge in [-0.2, -0.15) is 0 Å². The summed E-state index contributed by atoms with van der Waals surface area (Å²) >= 11 is 0. The second-order valence-electron chi connectivity index (χ2n) is 4.78. The Balaban J connectivity index is 2.00. The lowest BCUT2D eigenvalue weighted by Gasteiger charge is -2.28. The maximum Gasteiger partial charge on any atom is 0.166 e. The van der Waals surface area contributed by atoms with Crippen LogP contribution in [0.1, 0.15) is 32.6 Å². The summed E-state index contributed by atoms with van der Waals surface area (Å²) in [4.78, 5) is 0. The Kier molecular flexibility index (Phi) is 3.32. The van der Waals surface area contributed by atoms with Crippen LogP contribution >= 0.6 is 0 Å². The molecule has 88 valence electrons. The number of aromatic hydroxyl groups is 1. The molecule has 1 saturated carbocycles. The van der Waals surface area contributed by atoms with Crippen molar-refractivity contribution in [3.63, 3.8) is 0 Å². The Hall–Kier alpha value is -1.25. The summed E-state index contributed by atoms with van der Waals surface area (Å²) < 4.78 is 13.1. The van der Waals surface area contributed by atoms with Crippen LogP contribution in [-0.2, 0) is 0 Å². The number of nitrogens with one attached hydrogen (secondary N) is 1. The van der Waals surface area contributed by atoms with Crippen LogP contribution in [0.15, 0.2) is 18.2 Å². The lowest BCUT2D eigenvalue weighted by atomic mass is 9.87. The van der Waals surface area contributed by atoms with E-state index in [1.807, 2.05) is 0 Å². The molecule has 2 N–H and O–H groups in total. The first-order valence-electron chi connectivity index (χ1n) is 5.90. The number of hydrogen-bond donors (Lipinski definition) is 2. The number of phenols is 1. The molecule has 1 aliphatic carbocycles. The molecule has 2 nitrogen and oxygen atoms in total. The van der Waals surface area contributed by atoms with E-state index >= 15 is 0 Å². The SMILES string of the molecule is CC1CCCC(Nc2ccc(O)c(F)c2)C1. The normalized spacial score (nSPS) is 25.4. The molecular weight excluding hydrogens is 205 g/mol. The van der Waals surface area contributed by atoms with E-state index in [-0.39, 0.29) is 5.75 Å². The van der Waals surface area contributed by atoms with Crippen molar-refractivity contribution in [2.24, 2.45) is 5.92 Å². The summed E-state index contributed by atoms with van der Waals surface area (Å²) in [5.74, 6) is -0.107. The van der Waals surface area contributed by atoms with Crippen molar-refractivity contribution < 1.29 is 9.50 Å². The molecule has 3 heteroatoms. The average Bonchev–Trinajstić information content (AvgIpc) is 2.24. The summed E-state index contributed by atoms with van der Waals surface area (Å²) in [7, 11) is 0. The van der Waals surface area contributed by atoms with Gasteiger partial charge in [-0.25, -0.2) is 4.39 Å². The maximum absolute atomic E-state index is 13.1. The van der Waals surface area contributed by atoms with Crippen molar-refractivity contribution in [2.75, 3.05) is 5.32 Å². The lowest BCUT2D eigenvalue weighted by Crippen LogP contribution is -2.26. The largest absolute Gasteiger partial charge is 0.505 e. The van der Waals surface area contributed by atoms with Gasteiger partial charge in [0.25, 0.3) is 0 Å². The van der Waals surface area contributed by atoms with Crippen molar-refractivity contribution in [3.8, 4) is 5.75 Å². The van der Waals surface area contributed by atoms with E-state index in [2.05, 4.69) is 12.2 Å². The molecule has 1 aromatic carbocycles. The highest BCUT2D eigenvalue weighted by atomic mass is 19.1. The van der Waals surface area contributed by atoms with Gasteiger partial charge in [0.05, 0.1) is 0 Å². The Morgan fingerprint density at radius 2 is 2.19 bits per heavy atom. The van der Waals surface area contributed by atoms with Crippen LogP contribution in [0.3, 0.4) is 0 Å². The molecular formula is C13H18FNO. The molecule has 1 aliphatic rings. The third-order valence-electron chi connectivity index (χ3n) is 3.25. The summed E-state index contributed by atoms with van der Waals surface area (Å²) in [5, 5.41) is 12.4. The lowest BCUT2D eigenvalue weighted by molar-refractivity contribution is 0.358. The van der Waals surface area contributed by atoms with Gasteiger partial charge in [0.2, 0.25) is 0 Å². The van der Waals surface area contributed by atoms with Gasteiger partial charge in [-0.15, -0.1) is 0 Å². The molecule has 0 bridgehead atoms. The van der Waals surface area contributed by atoms with Crippen LogP contribution in [0.25, 0.3) is 0 Å². The molecule has 0 heterocycles. The zero-order valence-electron chi connectivity index (χ0n) is 9.54. The van der Waals surface area contributed by atoms with E-state index in [1.54, 1.807) is 6.07 Å². The minimum atomic E-state index is -0.561. The fourth-order valence-corrected chi connectivity index (χ4v) is 2.40. The Labute approximate surface area is 95.5 Å². The average molecular weight is 223 g/mol. The first-order chi connectivity index (χ1) is 7.65. The van der Waals surface area contributed by atoms with Crippen LogP contribution in [0, 0.1) is 11.7 Å². The van der Waals surface area contributed by atoms with Gasteiger partial charge in [-0.05, 0) is 30.9 Å². The van der Waals surface area contributed by atoms with Gasteiger partial charge in [0.1, 0.15) is 0 Å². The smallest absolute Gasteiger partial charge is 0.166 e. The molecule has 0 spiro atoms. The number of phenolic OH excluding ortho intramolecular Hbond substituents is 1. The van der Waals surface area contributed by atoms with Gasteiger partial charge >= 0.3 is 0 Å². The number of anilines is 1. The minimum absolute atomic E-state index is 0.289. The van der Waals surface area contributed by atoms with E-state index in [4.69, 9.17) is 5.11 Å². The molecule has 2 unspecified atom stereocenters. The van der Waals surface area contributed by atoms with Crippen molar-refractivity contribution in [1.29, 1.82) is 0 Å². The zero-order valence-corrected chi connectivity index (χ0v) is 9.54. The second kappa shape index (κ2) is 4.73. The fourth-order valence-electron chi connectivity index (χ4n) is 2.40. The van der Waals surface area contributed by atoms with Crippen molar-refractivity contribution >= 4 is 5.69 Å². The standard InChI is InChI=1S/C13H18FNO/c1-9-3-2-4-10(7-9)15-11-5-6-13(16)12(14)8-11/h5-6,8-10,15-16H,2-4,7H2,1H3. The fraction of sp³-hybridized carbons (Fsp3) is 0.538. The van der Waals surface area contributed by atoms with E-state index in [9.17, 15) is 4.39 Å². The molecule has 0 aliphatic heterocycles. The van der Waals surface area contributed by atoms with Gasteiger partial charge < -0.3 is 10.4 Å². The Morgan fingerprint density at radius 3 is 2.88 bits per heavy atom. The summed E-state index contributed by atoms with van der Waals surface area (Å²) in [5.41, 5.74) is 0.759. The number of halogens is 1. The third kappa shape index (κ3) is 2.65. The molecule has 0 saturated heterocycles. The number of rotatable bonds is 2. The summed E-state index contributed by atoms with van der Waals surface area (Å²) in [6, 6.07) is 4.91. The summed E-state index contributed by atoms with van der Waals surface area (Å²) in [6.45, 7) is 2.26. The monoisotopic (exact) mass is 223 g/mol. The number of benzene rings is 1. The van der Waals surface area contributed by atoms with E-state index in [0.717, 1.165) is 24.4 Å². The van der Waals surface area contributed by atoms with Crippen molar-refractivity contribution in [1.82, 2.24) is 0 Å². The molecule has 2 rings (SSSR count). The van der Waals surface area contributed by atoms with Gasteiger partial charge in [-0.1, -0.05) is 19.8 Å². The Bertz CT molecular complexity index is 367. The van der Waals surface area contributed by atoms with Gasteiger partial charge in [-0.3, -0.25) is 0 Å². The first-order valence-corrected chi connectivity index (χ1v) is 5.90. The molecule has 0 radical (unpaired) electrons. The van der Waals surface area contributed by atoms with Crippen LogP contribution in [0.4, 0.5) is 10.1 Å². The predicted molar refractivity (Wildman–Crippen MR) is 63.1 cm³/mol.